The molecular formula is C10H14N2O3. The van der Waals surface area contributed by atoms with Crippen LogP contribution in [0.2, 0.25) is 0 Å². The molecule has 0 radical (unpaired) electrons. The van der Waals surface area contributed by atoms with Gasteiger partial charge in [-0.25, -0.2) is 4.79 Å². The van der Waals surface area contributed by atoms with Crippen LogP contribution in [0.25, 0.3) is 0 Å². The lowest BCUT2D eigenvalue weighted by atomic mass is 10.2. The van der Waals surface area contributed by atoms with Gasteiger partial charge in [0.05, 0.1) is 5.56 Å². The molecule has 5 heteroatoms. The van der Waals surface area contributed by atoms with E-state index in [1.807, 2.05) is 0 Å². The third kappa shape index (κ3) is 1.86. The zero-order chi connectivity index (χ0) is 11.7. The van der Waals surface area contributed by atoms with Gasteiger partial charge in [-0.05, 0) is 26.8 Å². The third-order valence-corrected chi connectivity index (χ3v) is 2.51. The van der Waals surface area contributed by atoms with Crippen LogP contribution in [-0.4, -0.2) is 21.6 Å². The molecule has 3 N–H and O–H groups in total. The van der Waals surface area contributed by atoms with E-state index in [1.54, 1.807) is 25.3 Å². The van der Waals surface area contributed by atoms with Crippen LogP contribution in [0, 0.1) is 13.8 Å². The second-order valence-corrected chi connectivity index (χ2v) is 3.54. The first-order valence-corrected chi connectivity index (χ1v) is 4.57. The molecule has 0 saturated carbocycles. The van der Waals surface area contributed by atoms with E-state index in [0.717, 1.165) is 5.69 Å². The van der Waals surface area contributed by atoms with Gasteiger partial charge >= 0.3 is 5.97 Å². The molecule has 0 aliphatic heterocycles. The number of carbonyl (C=O) groups excluding carboxylic acids is 1. The predicted molar refractivity (Wildman–Crippen MR) is 54.8 cm³/mol. The number of aromatic nitrogens is 1. The molecule has 0 aliphatic rings. The number of rotatable bonds is 3. The Bertz CT molecular complexity index is 421. The van der Waals surface area contributed by atoms with E-state index >= 15 is 0 Å². The highest BCUT2D eigenvalue weighted by Crippen LogP contribution is 2.20. The number of amides is 1. The molecule has 1 rings (SSSR count). The largest absolute Gasteiger partial charge is 0.478 e. The summed E-state index contributed by atoms with van der Waals surface area (Å²) in [5.41, 5.74) is 6.66. The predicted octanol–water partition coefficient (Wildman–Crippen LogP) is 0.849. The summed E-state index contributed by atoms with van der Waals surface area (Å²) in [5.74, 6) is -1.47. The summed E-state index contributed by atoms with van der Waals surface area (Å²) in [5, 5.41) is 8.89. The van der Waals surface area contributed by atoms with E-state index in [2.05, 4.69) is 0 Å². The molecule has 0 saturated heterocycles. The van der Waals surface area contributed by atoms with E-state index in [4.69, 9.17) is 10.8 Å². The van der Waals surface area contributed by atoms with E-state index in [9.17, 15) is 9.59 Å². The van der Waals surface area contributed by atoms with Crippen molar-refractivity contribution in [2.45, 2.75) is 26.8 Å². The lowest BCUT2D eigenvalue weighted by Gasteiger charge is -2.14. The van der Waals surface area contributed by atoms with Gasteiger partial charge < -0.3 is 15.4 Å². The Hall–Kier alpha value is -1.78. The Morgan fingerprint density at radius 1 is 1.47 bits per heavy atom. The molecule has 1 heterocycles. The maximum absolute atomic E-state index is 11.0. The number of carboxylic acids is 1. The van der Waals surface area contributed by atoms with Gasteiger partial charge in [0.15, 0.2) is 0 Å². The highest BCUT2D eigenvalue weighted by atomic mass is 16.4. The van der Waals surface area contributed by atoms with Gasteiger partial charge in [-0.3, -0.25) is 4.79 Å². The number of carbonyl (C=O) groups is 2. The van der Waals surface area contributed by atoms with Gasteiger partial charge in [-0.2, -0.15) is 0 Å². The third-order valence-electron chi connectivity index (χ3n) is 2.51. The van der Waals surface area contributed by atoms with E-state index < -0.39 is 17.9 Å². The van der Waals surface area contributed by atoms with Crippen LogP contribution in [0.5, 0.6) is 0 Å². The molecule has 1 amide bonds. The molecule has 5 nitrogen and oxygen atoms in total. The van der Waals surface area contributed by atoms with Crippen molar-refractivity contribution in [3.8, 4) is 0 Å². The van der Waals surface area contributed by atoms with Crippen molar-refractivity contribution in [1.82, 2.24) is 4.57 Å². The lowest BCUT2D eigenvalue weighted by molar-refractivity contribution is -0.120. The SMILES string of the molecule is Cc1cc(C(=O)O)c(C)n1C(C)C(N)=O. The van der Waals surface area contributed by atoms with Crippen molar-refractivity contribution in [3.63, 3.8) is 0 Å². The van der Waals surface area contributed by atoms with Gasteiger partial charge in [0.2, 0.25) is 5.91 Å². The average molecular weight is 210 g/mol. The maximum Gasteiger partial charge on any atom is 0.337 e. The van der Waals surface area contributed by atoms with Crippen LogP contribution < -0.4 is 5.73 Å². The summed E-state index contributed by atoms with van der Waals surface area (Å²) in [6, 6.07) is 1.01. The van der Waals surface area contributed by atoms with Crippen LogP contribution in [0.15, 0.2) is 6.07 Å². The quantitative estimate of drug-likeness (QED) is 0.775. The summed E-state index contributed by atoms with van der Waals surface area (Å²) >= 11 is 0. The maximum atomic E-state index is 11.0. The molecule has 0 aromatic carbocycles. The molecule has 0 aliphatic carbocycles. The Morgan fingerprint density at radius 3 is 2.33 bits per heavy atom. The zero-order valence-electron chi connectivity index (χ0n) is 8.94. The minimum absolute atomic E-state index is 0.209. The second-order valence-electron chi connectivity index (χ2n) is 3.54. The minimum atomic E-state index is -0.994. The number of carboxylic acid groups (broad SMARTS) is 1. The molecule has 1 aromatic heterocycles. The fraction of sp³-hybridized carbons (Fsp3) is 0.400. The van der Waals surface area contributed by atoms with Crippen LogP contribution in [-0.2, 0) is 4.79 Å². The van der Waals surface area contributed by atoms with Crippen LogP contribution >= 0.6 is 0 Å². The molecule has 15 heavy (non-hydrogen) atoms. The van der Waals surface area contributed by atoms with Crippen molar-refractivity contribution in [2.24, 2.45) is 5.73 Å². The summed E-state index contributed by atoms with van der Waals surface area (Å²) in [4.78, 5) is 21.9. The first-order valence-electron chi connectivity index (χ1n) is 4.57. The van der Waals surface area contributed by atoms with Gasteiger partial charge in [-0.15, -0.1) is 0 Å². The average Bonchev–Trinajstić information content (AvgIpc) is 2.41. The first kappa shape index (κ1) is 11.3. The fourth-order valence-corrected chi connectivity index (χ4v) is 1.72. The molecule has 0 bridgehead atoms. The van der Waals surface area contributed by atoms with Crippen molar-refractivity contribution in [2.75, 3.05) is 0 Å². The van der Waals surface area contributed by atoms with Crippen molar-refractivity contribution in [3.05, 3.63) is 23.0 Å². The van der Waals surface area contributed by atoms with E-state index in [1.165, 1.54) is 6.07 Å². The molecule has 1 atom stereocenters. The highest BCUT2D eigenvalue weighted by molar-refractivity contribution is 5.89. The van der Waals surface area contributed by atoms with Crippen molar-refractivity contribution in [1.29, 1.82) is 0 Å². The Kier molecular flexibility index (Phi) is 2.83. The van der Waals surface area contributed by atoms with E-state index in [0.29, 0.717) is 5.69 Å². The van der Waals surface area contributed by atoms with Gasteiger partial charge in [-0.1, -0.05) is 0 Å². The van der Waals surface area contributed by atoms with Crippen molar-refractivity contribution < 1.29 is 14.7 Å². The number of hydrogen-bond donors (Lipinski definition) is 2. The molecule has 1 unspecified atom stereocenters. The Morgan fingerprint density at radius 2 is 2.00 bits per heavy atom. The number of hydrogen-bond acceptors (Lipinski definition) is 2. The second kappa shape index (κ2) is 3.76. The normalized spacial score (nSPS) is 12.5. The summed E-state index contributed by atoms with van der Waals surface area (Å²) < 4.78 is 1.63. The summed E-state index contributed by atoms with van der Waals surface area (Å²) in [6.07, 6.45) is 0. The van der Waals surface area contributed by atoms with Gasteiger partial charge in [0.1, 0.15) is 6.04 Å². The monoisotopic (exact) mass is 210 g/mol. The Balaban J connectivity index is 3.31. The number of aryl methyl sites for hydroxylation is 1. The standard InChI is InChI=1S/C10H14N2O3/c1-5-4-8(10(14)15)6(2)12(5)7(3)9(11)13/h4,7H,1-3H3,(H2,11,13)(H,14,15). The first-order chi connectivity index (χ1) is 6.86. The number of nitrogens with zero attached hydrogens (tertiary/aromatic N) is 1. The molecule has 1 aromatic rings. The molecule has 82 valence electrons. The molecule has 0 spiro atoms. The van der Waals surface area contributed by atoms with Crippen LogP contribution in [0.1, 0.15) is 34.7 Å². The van der Waals surface area contributed by atoms with Crippen LogP contribution in [0.3, 0.4) is 0 Å². The minimum Gasteiger partial charge on any atom is -0.478 e. The van der Waals surface area contributed by atoms with E-state index in [-0.39, 0.29) is 5.56 Å². The summed E-state index contributed by atoms with van der Waals surface area (Å²) in [6.45, 7) is 5.06. The van der Waals surface area contributed by atoms with Gasteiger partial charge in [0, 0.05) is 11.4 Å². The zero-order valence-corrected chi connectivity index (χ0v) is 8.94. The topological polar surface area (TPSA) is 85.3 Å². The summed E-state index contributed by atoms with van der Waals surface area (Å²) in [7, 11) is 0. The van der Waals surface area contributed by atoms with Crippen molar-refractivity contribution >= 4 is 11.9 Å². The number of aromatic carboxylic acids is 1. The molecular weight excluding hydrogens is 196 g/mol. The lowest BCUT2D eigenvalue weighted by Crippen LogP contribution is -2.25. The highest BCUT2D eigenvalue weighted by Gasteiger charge is 2.20. The number of primary amides is 1. The fourth-order valence-electron chi connectivity index (χ4n) is 1.72. The molecule has 0 fully saturated rings. The van der Waals surface area contributed by atoms with Gasteiger partial charge in [0.25, 0.3) is 0 Å². The smallest absolute Gasteiger partial charge is 0.337 e. The number of nitrogens with two attached hydrogens (primary N) is 1. The Labute approximate surface area is 87.5 Å². The van der Waals surface area contributed by atoms with Crippen LogP contribution in [0.4, 0.5) is 0 Å².